The molecule has 23 heavy (non-hydrogen) atoms. The Morgan fingerprint density at radius 1 is 1.13 bits per heavy atom. The molecule has 6 heteroatoms. The summed E-state index contributed by atoms with van der Waals surface area (Å²) in [5.41, 5.74) is 2.91. The van der Waals surface area contributed by atoms with E-state index in [9.17, 15) is 9.59 Å². The quantitative estimate of drug-likeness (QED) is 0.885. The van der Waals surface area contributed by atoms with E-state index in [1.165, 1.54) is 13.0 Å². The fourth-order valence-corrected chi connectivity index (χ4v) is 3.15. The summed E-state index contributed by atoms with van der Waals surface area (Å²) in [5.74, 6) is -0.327. The Morgan fingerprint density at radius 3 is 2.61 bits per heavy atom. The first-order valence-electron chi connectivity index (χ1n) is 7.13. The summed E-state index contributed by atoms with van der Waals surface area (Å²) in [6.07, 6.45) is 0.826. The van der Waals surface area contributed by atoms with Crippen LogP contribution in [0.1, 0.15) is 22.8 Å². The third-order valence-corrected chi connectivity index (χ3v) is 4.34. The number of carbonyl (C=O) groups is 2. The van der Waals surface area contributed by atoms with Crippen LogP contribution >= 0.6 is 23.2 Å². The van der Waals surface area contributed by atoms with Crippen LogP contribution in [0.25, 0.3) is 0 Å². The van der Waals surface area contributed by atoms with Gasteiger partial charge in [-0.25, -0.2) is 0 Å². The van der Waals surface area contributed by atoms with Crippen LogP contribution in [0.15, 0.2) is 36.4 Å². The zero-order valence-corrected chi connectivity index (χ0v) is 13.9. The number of fused-ring (bicyclic) bond motifs is 1. The lowest BCUT2D eigenvalue weighted by molar-refractivity contribution is -0.116. The predicted octanol–water partition coefficient (Wildman–Crippen LogP) is 4.15. The maximum absolute atomic E-state index is 12.3. The molecule has 0 atom stereocenters. The second-order valence-corrected chi connectivity index (χ2v) is 6.19. The van der Waals surface area contributed by atoms with Gasteiger partial charge < -0.3 is 10.2 Å². The topological polar surface area (TPSA) is 49.4 Å². The van der Waals surface area contributed by atoms with Crippen molar-refractivity contribution in [3.05, 3.63) is 57.6 Å². The van der Waals surface area contributed by atoms with Gasteiger partial charge in [0.05, 0.1) is 10.6 Å². The van der Waals surface area contributed by atoms with Crippen LogP contribution in [0.4, 0.5) is 11.4 Å². The Hall–Kier alpha value is -2.04. The summed E-state index contributed by atoms with van der Waals surface area (Å²) >= 11 is 11.9. The number of rotatable bonds is 2. The van der Waals surface area contributed by atoms with Crippen molar-refractivity contribution in [2.24, 2.45) is 0 Å². The Labute approximate surface area is 144 Å². The van der Waals surface area contributed by atoms with Gasteiger partial charge in [0, 0.05) is 29.9 Å². The summed E-state index contributed by atoms with van der Waals surface area (Å²) < 4.78 is 0. The van der Waals surface area contributed by atoms with E-state index in [1.807, 2.05) is 18.2 Å². The fraction of sp³-hybridized carbons (Fsp3) is 0.176. The number of benzene rings is 2. The molecular weight excluding hydrogens is 335 g/mol. The molecule has 1 N–H and O–H groups in total. The van der Waals surface area contributed by atoms with Gasteiger partial charge in [-0.05, 0) is 42.3 Å². The molecule has 118 valence electrons. The molecule has 0 aliphatic carbocycles. The summed E-state index contributed by atoms with van der Waals surface area (Å²) in [5, 5.41) is 3.57. The molecule has 0 saturated heterocycles. The van der Waals surface area contributed by atoms with Crippen molar-refractivity contribution in [1.82, 2.24) is 0 Å². The van der Waals surface area contributed by atoms with Crippen LogP contribution in [-0.2, 0) is 11.2 Å². The minimum atomic E-state index is -0.320. The predicted molar refractivity (Wildman–Crippen MR) is 92.6 cm³/mol. The molecule has 0 unspecified atom stereocenters. The van der Waals surface area contributed by atoms with E-state index in [2.05, 4.69) is 5.32 Å². The average molecular weight is 349 g/mol. The molecule has 0 radical (unpaired) electrons. The molecule has 3 rings (SSSR count). The van der Waals surface area contributed by atoms with E-state index in [0.29, 0.717) is 27.8 Å². The molecule has 1 heterocycles. The molecule has 1 aliphatic rings. The third-order valence-electron chi connectivity index (χ3n) is 3.79. The normalized spacial score (nSPS) is 12.9. The van der Waals surface area contributed by atoms with Crippen molar-refractivity contribution in [2.45, 2.75) is 13.3 Å². The first kappa shape index (κ1) is 15.8. The van der Waals surface area contributed by atoms with Crippen molar-refractivity contribution < 1.29 is 9.59 Å². The zero-order valence-electron chi connectivity index (χ0n) is 12.4. The fourth-order valence-electron chi connectivity index (χ4n) is 2.66. The largest absolute Gasteiger partial charge is 0.322 e. The number of amides is 2. The zero-order chi connectivity index (χ0) is 16.6. The van der Waals surface area contributed by atoms with E-state index in [4.69, 9.17) is 23.2 Å². The number of nitrogens with one attached hydrogen (secondary N) is 1. The van der Waals surface area contributed by atoms with Gasteiger partial charge >= 0.3 is 0 Å². The molecule has 2 amide bonds. The third kappa shape index (κ3) is 3.19. The minimum Gasteiger partial charge on any atom is -0.322 e. The highest BCUT2D eigenvalue weighted by molar-refractivity contribution is 6.37. The second kappa shape index (κ2) is 6.22. The number of hydrogen-bond acceptors (Lipinski definition) is 2. The average Bonchev–Trinajstić information content (AvgIpc) is 2.90. The first-order chi connectivity index (χ1) is 11.0. The van der Waals surface area contributed by atoms with Crippen molar-refractivity contribution in [3.8, 4) is 0 Å². The molecular formula is C17H14Cl2N2O2. The maximum Gasteiger partial charge on any atom is 0.257 e. The standard InChI is InChI=1S/C17H14Cl2N2O2/c1-10(22)21-7-6-11-2-4-13(9-16(11)21)20-17(23)14-5-3-12(18)8-15(14)19/h2-5,8-9H,6-7H2,1H3,(H,20,23). The van der Waals surface area contributed by atoms with Crippen LogP contribution in [0.2, 0.25) is 10.0 Å². The molecule has 0 fully saturated rings. The molecule has 4 nitrogen and oxygen atoms in total. The van der Waals surface area contributed by atoms with Gasteiger partial charge in [-0.1, -0.05) is 29.3 Å². The number of hydrogen-bond donors (Lipinski definition) is 1. The van der Waals surface area contributed by atoms with E-state index < -0.39 is 0 Å². The van der Waals surface area contributed by atoms with E-state index >= 15 is 0 Å². The molecule has 1 aliphatic heterocycles. The van der Waals surface area contributed by atoms with E-state index in [-0.39, 0.29) is 11.8 Å². The number of halogens is 2. The summed E-state index contributed by atoms with van der Waals surface area (Å²) in [4.78, 5) is 25.7. The highest BCUT2D eigenvalue weighted by Gasteiger charge is 2.22. The van der Waals surface area contributed by atoms with Gasteiger partial charge in [-0.15, -0.1) is 0 Å². The lowest BCUT2D eigenvalue weighted by Gasteiger charge is -2.16. The number of carbonyl (C=O) groups excluding carboxylic acids is 2. The minimum absolute atomic E-state index is 0.00651. The molecule has 0 bridgehead atoms. The highest BCUT2D eigenvalue weighted by atomic mass is 35.5. The van der Waals surface area contributed by atoms with Gasteiger partial charge in [-0.2, -0.15) is 0 Å². The monoisotopic (exact) mass is 348 g/mol. The second-order valence-electron chi connectivity index (χ2n) is 5.34. The van der Waals surface area contributed by atoms with Crippen LogP contribution in [0.5, 0.6) is 0 Å². The molecule has 0 saturated carbocycles. The SMILES string of the molecule is CC(=O)N1CCc2ccc(NC(=O)c3ccc(Cl)cc3Cl)cc21. The van der Waals surface area contributed by atoms with Gasteiger partial charge in [0.1, 0.15) is 0 Å². The van der Waals surface area contributed by atoms with Crippen molar-refractivity contribution in [3.63, 3.8) is 0 Å². The molecule has 2 aromatic rings. The van der Waals surface area contributed by atoms with E-state index in [0.717, 1.165) is 17.7 Å². The van der Waals surface area contributed by atoms with Gasteiger partial charge in [0.15, 0.2) is 0 Å². The highest BCUT2D eigenvalue weighted by Crippen LogP contribution is 2.31. The van der Waals surface area contributed by atoms with Crippen LogP contribution in [0.3, 0.4) is 0 Å². The molecule has 2 aromatic carbocycles. The van der Waals surface area contributed by atoms with Gasteiger partial charge in [0.25, 0.3) is 5.91 Å². The maximum atomic E-state index is 12.3. The van der Waals surface area contributed by atoms with Crippen LogP contribution < -0.4 is 10.2 Å². The summed E-state index contributed by atoms with van der Waals surface area (Å²) in [7, 11) is 0. The number of nitrogens with zero attached hydrogens (tertiary/aromatic N) is 1. The van der Waals surface area contributed by atoms with Crippen LogP contribution in [-0.4, -0.2) is 18.4 Å². The summed E-state index contributed by atoms with van der Waals surface area (Å²) in [6.45, 7) is 2.21. The van der Waals surface area contributed by atoms with Crippen molar-refractivity contribution >= 4 is 46.4 Å². The smallest absolute Gasteiger partial charge is 0.257 e. The van der Waals surface area contributed by atoms with Gasteiger partial charge in [0.2, 0.25) is 5.91 Å². The Kier molecular flexibility index (Phi) is 4.28. The molecule has 0 aromatic heterocycles. The lowest BCUT2D eigenvalue weighted by atomic mass is 10.1. The van der Waals surface area contributed by atoms with Gasteiger partial charge in [-0.3, -0.25) is 9.59 Å². The number of anilines is 2. The first-order valence-corrected chi connectivity index (χ1v) is 7.89. The van der Waals surface area contributed by atoms with Crippen molar-refractivity contribution in [2.75, 3.05) is 16.8 Å². The van der Waals surface area contributed by atoms with Crippen LogP contribution in [0, 0.1) is 0 Å². The lowest BCUT2D eigenvalue weighted by Crippen LogP contribution is -2.25. The Bertz CT molecular complexity index is 805. The van der Waals surface area contributed by atoms with Crippen molar-refractivity contribution in [1.29, 1.82) is 0 Å². The Morgan fingerprint density at radius 2 is 1.91 bits per heavy atom. The van der Waals surface area contributed by atoms with E-state index in [1.54, 1.807) is 17.0 Å². The summed E-state index contributed by atoms with van der Waals surface area (Å²) in [6, 6.07) is 10.3. The molecule has 0 spiro atoms. The Balaban J connectivity index is 1.85.